The summed E-state index contributed by atoms with van der Waals surface area (Å²) in [6, 6.07) is 9.30. The van der Waals surface area contributed by atoms with Crippen molar-refractivity contribution in [1.29, 1.82) is 0 Å². The van der Waals surface area contributed by atoms with Gasteiger partial charge in [-0.05, 0) is 75.8 Å². The molecule has 0 saturated heterocycles. The van der Waals surface area contributed by atoms with E-state index in [-0.39, 0.29) is 23.0 Å². The second-order valence-electron chi connectivity index (χ2n) is 7.36. The average molecular weight is 457 g/mol. The molecule has 0 amide bonds. The Morgan fingerprint density at radius 3 is 2.10 bits per heavy atom. The summed E-state index contributed by atoms with van der Waals surface area (Å²) in [5.74, 6) is 0.201. The molecule has 0 unspecified atom stereocenters. The van der Waals surface area contributed by atoms with Crippen LogP contribution in [-0.4, -0.2) is 26.9 Å². The SMILES string of the molecule is CC(C)[C@H](NCc1cn(-c2ccccc2)nc1[C]1[CH][CH][CH][CH]1)C(=O)O.[CH]1[CH][CH][CH][CH]1.[Fe+2]. The summed E-state index contributed by atoms with van der Waals surface area (Å²) in [6.07, 6.45) is 19.9. The maximum atomic E-state index is 11.4. The van der Waals surface area contributed by atoms with Gasteiger partial charge < -0.3 is 5.11 Å². The van der Waals surface area contributed by atoms with Crippen LogP contribution >= 0.6 is 0 Å². The molecular formula is C25H27FeN3O2+2. The Hall–Kier alpha value is -1.62. The number of aromatic nitrogens is 2. The van der Waals surface area contributed by atoms with Crippen LogP contribution in [0.15, 0.2) is 36.5 Å². The van der Waals surface area contributed by atoms with Crippen LogP contribution in [0.1, 0.15) is 25.1 Å². The standard InChI is InChI=1S/C20H22N3O2.C5H5.Fe/c1-14(2)18(20(24)25)21-12-16-13-23(17-10-4-3-5-11-17)22-19(16)15-8-6-7-9-15;1-2-4-5-3-1;/h3-11,13-14,18,21H,12H2,1-2H3,(H,24,25);1-5H;/q;;+2/t18-;;/m0../s1. The molecule has 6 heteroatoms. The van der Waals surface area contributed by atoms with Crippen molar-refractivity contribution in [2.45, 2.75) is 26.4 Å². The normalized spacial score (nSPS) is 17.1. The third kappa shape index (κ3) is 7.48. The topological polar surface area (TPSA) is 67.2 Å². The van der Waals surface area contributed by atoms with Gasteiger partial charge in [0.2, 0.25) is 0 Å². The summed E-state index contributed by atoms with van der Waals surface area (Å²) < 4.78 is 1.84. The van der Waals surface area contributed by atoms with Gasteiger partial charge in [-0.15, -0.1) is 0 Å². The van der Waals surface area contributed by atoms with Crippen LogP contribution in [0, 0.1) is 69.6 Å². The Morgan fingerprint density at radius 1 is 1.00 bits per heavy atom. The average Bonchev–Trinajstić information content (AvgIpc) is 3.50. The van der Waals surface area contributed by atoms with Gasteiger partial charge in [0.1, 0.15) is 6.04 Å². The van der Waals surface area contributed by atoms with E-state index in [4.69, 9.17) is 5.10 Å². The van der Waals surface area contributed by atoms with Crippen LogP contribution in [0.2, 0.25) is 0 Å². The molecule has 2 aliphatic rings. The first-order valence-corrected chi connectivity index (χ1v) is 10.0. The molecule has 0 spiro atoms. The van der Waals surface area contributed by atoms with Gasteiger partial charge in [0.15, 0.2) is 0 Å². The van der Waals surface area contributed by atoms with Crippen LogP contribution in [0.5, 0.6) is 0 Å². The van der Waals surface area contributed by atoms with Crippen molar-refractivity contribution in [3.63, 3.8) is 0 Å². The first-order valence-electron chi connectivity index (χ1n) is 10.0. The van der Waals surface area contributed by atoms with E-state index in [2.05, 4.69) is 5.32 Å². The minimum atomic E-state index is -0.833. The summed E-state index contributed by atoms with van der Waals surface area (Å²) in [5.41, 5.74) is 2.82. The zero-order valence-corrected chi connectivity index (χ0v) is 18.7. The van der Waals surface area contributed by atoms with Gasteiger partial charge in [0.25, 0.3) is 0 Å². The smallest absolute Gasteiger partial charge is 0.480 e. The number of nitrogens with one attached hydrogen (secondary N) is 1. The maximum absolute atomic E-state index is 11.4. The number of carboxylic acid groups (broad SMARTS) is 1. The molecule has 0 bridgehead atoms. The maximum Gasteiger partial charge on any atom is 2.00 e. The third-order valence-corrected chi connectivity index (χ3v) is 4.75. The van der Waals surface area contributed by atoms with Crippen LogP contribution in [0.25, 0.3) is 5.69 Å². The summed E-state index contributed by atoms with van der Waals surface area (Å²) in [5, 5.41) is 17.2. The van der Waals surface area contributed by atoms with E-state index in [0.717, 1.165) is 22.9 Å². The molecule has 5 nitrogen and oxygen atoms in total. The molecule has 31 heavy (non-hydrogen) atoms. The van der Waals surface area contributed by atoms with Gasteiger partial charge in [0.05, 0.1) is 11.4 Å². The number of hydrogen-bond acceptors (Lipinski definition) is 3. The molecule has 4 rings (SSSR count). The number of benzene rings is 1. The number of carbonyl (C=O) groups is 1. The van der Waals surface area contributed by atoms with Gasteiger partial charge in [-0.2, -0.15) is 5.10 Å². The molecule has 1 aromatic carbocycles. The molecule has 1 aromatic heterocycles. The first kappa shape index (κ1) is 25.6. The molecule has 2 saturated carbocycles. The fourth-order valence-electron chi connectivity index (χ4n) is 3.18. The molecule has 1 heterocycles. The molecule has 0 aliphatic heterocycles. The predicted molar refractivity (Wildman–Crippen MR) is 118 cm³/mol. The molecule has 2 N–H and O–H groups in total. The largest absolute Gasteiger partial charge is 2.00 e. The zero-order valence-electron chi connectivity index (χ0n) is 17.6. The molecule has 1 atom stereocenters. The van der Waals surface area contributed by atoms with E-state index in [1.165, 1.54) is 0 Å². The predicted octanol–water partition coefficient (Wildman–Crippen LogP) is 3.84. The Bertz CT molecular complexity index is 774. The van der Waals surface area contributed by atoms with E-state index >= 15 is 0 Å². The van der Waals surface area contributed by atoms with Gasteiger partial charge in [-0.1, -0.05) is 32.0 Å². The van der Waals surface area contributed by atoms with Gasteiger partial charge in [-0.3, -0.25) is 10.1 Å². The Kier molecular flexibility index (Phi) is 10.8. The molecular weight excluding hydrogens is 430 g/mol. The van der Waals surface area contributed by atoms with Crippen molar-refractivity contribution >= 4 is 5.97 Å². The zero-order chi connectivity index (χ0) is 21.3. The summed E-state index contributed by atoms with van der Waals surface area (Å²) in [4.78, 5) is 11.4. The van der Waals surface area contributed by atoms with Crippen molar-refractivity contribution in [3.05, 3.63) is 111 Å². The monoisotopic (exact) mass is 457 g/mol. The summed E-state index contributed by atoms with van der Waals surface area (Å²) >= 11 is 0. The summed E-state index contributed by atoms with van der Waals surface area (Å²) in [6.45, 7) is 4.25. The number of hydrogen-bond donors (Lipinski definition) is 2. The van der Waals surface area contributed by atoms with Gasteiger partial charge >= 0.3 is 23.0 Å². The van der Waals surface area contributed by atoms with Crippen molar-refractivity contribution in [3.8, 4) is 5.69 Å². The minimum absolute atomic E-state index is 0. The van der Waals surface area contributed by atoms with Gasteiger partial charge in [-0.25, -0.2) is 4.68 Å². The minimum Gasteiger partial charge on any atom is -0.480 e. The third-order valence-electron chi connectivity index (χ3n) is 4.75. The van der Waals surface area contributed by atoms with Crippen LogP contribution in [-0.2, 0) is 28.4 Å². The Balaban J connectivity index is 0.000000501. The van der Waals surface area contributed by atoms with E-state index in [1.54, 1.807) is 0 Å². The molecule has 160 valence electrons. The van der Waals surface area contributed by atoms with E-state index < -0.39 is 12.0 Å². The first-order chi connectivity index (χ1) is 14.6. The molecule has 2 aliphatic carbocycles. The second-order valence-corrected chi connectivity index (χ2v) is 7.36. The van der Waals surface area contributed by atoms with Crippen LogP contribution in [0.4, 0.5) is 0 Å². The van der Waals surface area contributed by atoms with E-state index in [0.29, 0.717) is 6.54 Å². The molecule has 2 fully saturated rings. The van der Waals surface area contributed by atoms with Crippen LogP contribution in [0.3, 0.4) is 0 Å². The van der Waals surface area contributed by atoms with Crippen molar-refractivity contribution < 1.29 is 27.0 Å². The Labute approximate surface area is 197 Å². The number of para-hydroxylation sites is 1. The number of carboxylic acids is 1. The van der Waals surface area contributed by atoms with Crippen molar-refractivity contribution in [2.24, 2.45) is 5.92 Å². The fraction of sp³-hybridized carbons (Fsp3) is 0.200. The van der Waals surface area contributed by atoms with Crippen LogP contribution < -0.4 is 5.32 Å². The summed E-state index contributed by atoms with van der Waals surface area (Å²) in [7, 11) is 0. The second kappa shape index (κ2) is 13.0. The number of aliphatic carboxylic acids is 1. The fourth-order valence-corrected chi connectivity index (χ4v) is 3.18. The Morgan fingerprint density at radius 2 is 1.58 bits per heavy atom. The van der Waals surface area contributed by atoms with Crippen molar-refractivity contribution in [1.82, 2.24) is 15.1 Å². The molecule has 10 radical (unpaired) electrons. The quantitative estimate of drug-likeness (QED) is 0.621. The number of nitrogens with zero attached hydrogens (tertiary/aromatic N) is 2. The van der Waals surface area contributed by atoms with E-state index in [9.17, 15) is 9.90 Å². The number of rotatable bonds is 7. The van der Waals surface area contributed by atoms with Gasteiger partial charge in [0, 0.05) is 24.2 Å². The van der Waals surface area contributed by atoms with Crippen molar-refractivity contribution in [2.75, 3.05) is 0 Å². The molecule has 2 aromatic rings. The van der Waals surface area contributed by atoms with E-state index in [1.807, 2.05) is 113 Å².